The van der Waals surface area contributed by atoms with Gasteiger partial charge in [0.15, 0.2) is 16.6 Å². The topological polar surface area (TPSA) is 124 Å². The van der Waals surface area contributed by atoms with Gasteiger partial charge in [-0.1, -0.05) is 50.5 Å². The number of aliphatic hydroxyl groups excluding tert-OH is 1. The van der Waals surface area contributed by atoms with Crippen LogP contribution in [0.1, 0.15) is 78.5 Å². The summed E-state index contributed by atoms with van der Waals surface area (Å²) in [5.41, 5.74) is 1.05. The van der Waals surface area contributed by atoms with E-state index in [1.54, 1.807) is 49.4 Å². The largest absolute Gasteiger partial charge is 0.507 e. The van der Waals surface area contributed by atoms with Crippen molar-refractivity contribution in [3.8, 4) is 17.2 Å². The van der Waals surface area contributed by atoms with Crippen molar-refractivity contribution in [3.63, 3.8) is 0 Å². The predicted octanol–water partition coefficient (Wildman–Crippen LogP) is 6.62. The van der Waals surface area contributed by atoms with Crippen LogP contribution in [0.2, 0.25) is 0 Å². The van der Waals surface area contributed by atoms with Gasteiger partial charge in [0.25, 0.3) is 5.78 Å². The summed E-state index contributed by atoms with van der Waals surface area (Å²) in [5.74, 6) is -1.19. The highest BCUT2D eigenvalue weighted by Gasteiger charge is 2.48. The summed E-state index contributed by atoms with van der Waals surface area (Å²) in [6.45, 7) is 6.88. The molecule has 234 valence electrons. The van der Waals surface area contributed by atoms with Gasteiger partial charge in [-0.15, -0.1) is 0 Å². The van der Waals surface area contributed by atoms with Crippen molar-refractivity contribution in [1.29, 1.82) is 0 Å². The maximum Gasteiger partial charge on any atom is 0.350 e. The minimum absolute atomic E-state index is 0.118. The molecule has 0 bridgehead atoms. The molecule has 1 N–H and O–H groups in total. The van der Waals surface area contributed by atoms with Crippen LogP contribution in [0.15, 0.2) is 48.0 Å². The fourth-order valence-electron chi connectivity index (χ4n) is 4.82. The zero-order chi connectivity index (χ0) is 31.8. The third-order valence-corrected chi connectivity index (χ3v) is 8.35. The number of esters is 1. The molecule has 44 heavy (non-hydrogen) atoms. The Morgan fingerprint density at radius 3 is 2.32 bits per heavy atom. The Bertz CT molecular complexity index is 1530. The van der Waals surface area contributed by atoms with E-state index < -0.39 is 23.7 Å². The SMILES string of the molecule is CCCCCOc1ccc([C@H]2C(=C(O)c3ccc(OCCCC)cc3)C(=O)C(=O)N2c2nc(C)c(C(=O)OC)s2)cc1OC. The summed E-state index contributed by atoms with van der Waals surface area (Å²) < 4.78 is 22.2. The zero-order valence-corrected chi connectivity index (χ0v) is 26.5. The normalized spacial score (nSPS) is 15.8. The van der Waals surface area contributed by atoms with E-state index in [0.29, 0.717) is 47.3 Å². The molecule has 1 aromatic heterocycles. The van der Waals surface area contributed by atoms with E-state index in [4.69, 9.17) is 18.9 Å². The zero-order valence-electron chi connectivity index (χ0n) is 25.7. The Morgan fingerprint density at radius 2 is 1.66 bits per heavy atom. The highest BCUT2D eigenvalue weighted by molar-refractivity contribution is 7.17. The molecule has 2 aromatic carbocycles. The quantitative estimate of drug-likeness (QED) is 0.0694. The molecule has 0 radical (unpaired) electrons. The van der Waals surface area contributed by atoms with Crippen LogP contribution in [0.25, 0.3) is 5.76 Å². The molecular formula is C33H38N2O8S. The Labute approximate surface area is 261 Å². The standard InChI is InChI=1S/C33H38N2O8S/c1-6-8-10-18-43-24-16-13-22(19-25(24)40-4)27-26(28(36)21-11-14-23(15-12-21)42-17-9-7-2)29(37)31(38)35(27)33-34-20(3)30(44-33)32(39)41-5/h11-16,19,27,36H,6-10,17-18H2,1-5H3/t27-/m0/s1. The van der Waals surface area contributed by atoms with Crippen LogP contribution < -0.4 is 19.1 Å². The Hall–Kier alpha value is -4.38. The van der Waals surface area contributed by atoms with Crippen molar-refractivity contribution in [2.45, 2.75) is 58.9 Å². The van der Waals surface area contributed by atoms with Crippen molar-refractivity contribution in [2.75, 3.05) is 32.3 Å². The number of Topliss-reactive ketones (excluding diaryl/α,β-unsaturated/α-hetero) is 1. The van der Waals surface area contributed by atoms with E-state index in [2.05, 4.69) is 18.8 Å². The molecule has 11 heteroatoms. The lowest BCUT2D eigenvalue weighted by atomic mass is 9.95. The number of ether oxygens (including phenoxy) is 4. The third-order valence-electron chi connectivity index (χ3n) is 7.21. The summed E-state index contributed by atoms with van der Waals surface area (Å²) in [6, 6.07) is 10.7. The smallest absolute Gasteiger partial charge is 0.350 e. The molecule has 1 amide bonds. The molecule has 0 saturated carbocycles. The molecule has 3 aromatic rings. The number of ketones is 1. The molecule has 1 aliphatic rings. The number of nitrogens with zero attached hydrogens (tertiary/aromatic N) is 2. The van der Waals surface area contributed by atoms with Crippen molar-refractivity contribution in [1.82, 2.24) is 4.98 Å². The van der Waals surface area contributed by atoms with E-state index in [1.165, 1.54) is 19.1 Å². The van der Waals surface area contributed by atoms with Crippen LogP contribution in [0, 0.1) is 6.92 Å². The highest BCUT2D eigenvalue weighted by Crippen LogP contribution is 2.45. The number of amides is 1. The first-order chi connectivity index (χ1) is 21.2. The molecule has 10 nitrogen and oxygen atoms in total. The van der Waals surface area contributed by atoms with Gasteiger partial charge in [0, 0.05) is 5.56 Å². The predicted molar refractivity (Wildman–Crippen MR) is 168 cm³/mol. The molecule has 1 aliphatic heterocycles. The molecule has 0 aliphatic carbocycles. The van der Waals surface area contributed by atoms with Crippen molar-refractivity contribution < 1.29 is 38.4 Å². The Balaban J connectivity index is 1.82. The summed E-state index contributed by atoms with van der Waals surface area (Å²) in [4.78, 5) is 45.5. The number of hydrogen-bond donors (Lipinski definition) is 1. The van der Waals surface area contributed by atoms with E-state index >= 15 is 0 Å². The number of benzene rings is 2. The number of aryl methyl sites for hydroxylation is 1. The minimum atomic E-state index is -1.07. The molecule has 1 atom stereocenters. The van der Waals surface area contributed by atoms with E-state index in [0.717, 1.165) is 43.4 Å². The van der Waals surface area contributed by atoms with Crippen molar-refractivity contribution >= 4 is 39.9 Å². The summed E-state index contributed by atoms with van der Waals surface area (Å²) >= 11 is 0.934. The molecule has 0 unspecified atom stereocenters. The maximum absolute atomic E-state index is 13.6. The second-order valence-corrected chi connectivity index (χ2v) is 11.2. The number of methoxy groups -OCH3 is 2. The lowest BCUT2D eigenvalue weighted by Gasteiger charge is -2.24. The fraction of sp³-hybridized carbons (Fsp3) is 0.394. The molecule has 1 fully saturated rings. The second kappa shape index (κ2) is 14.9. The van der Waals surface area contributed by atoms with Crippen LogP contribution in [0.4, 0.5) is 5.13 Å². The minimum Gasteiger partial charge on any atom is -0.507 e. The molecule has 0 spiro atoms. The molecule has 1 saturated heterocycles. The number of unbranched alkanes of at least 4 members (excludes halogenated alkanes) is 3. The summed E-state index contributed by atoms with van der Waals surface area (Å²) in [5, 5.41) is 11.7. The van der Waals surface area contributed by atoms with Gasteiger partial charge in [-0.05, 0) is 61.7 Å². The van der Waals surface area contributed by atoms with Gasteiger partial charge in [-0.3, -0.25) is 14.5 Å². The number of anilines is 1. The van der Waals surface area contributed by atoms with Crippen LogP contribution in [0.3, 0.4) is 0 Å². The third kappa shape index (κ3) is 6.88. The average Bonchev–Trinajstić information content (AvgIpc) is 3.54. The lowest BCUT2D eigenvalue weighted by Crippen LogP contribution is -2.29. The highest BCUT2D eigenvalue weighted by atomic mass is 32.1. The summed E-state index contributed by atoms with van der Waals surface area (Å²) in [7, 11) is 2.76. The molecular weight excluding hydrogens is 584 g/mol. The molecule has 2 heterocycles. The Morgan fingerprint density at radius 1 is 0.955 bits per heavy atom. The van der Waals surface area contributed by atoms with Gasteiger partial charge < -0.3 is 24.1 Å². The van der Waals surface area contributed by atoms with Gasteiger partial charge in [-0.25, -0.2) is 9.78 Å². The number of aliphatic hydroxyl groups is 1. The van der Waals surface area contributed by atoms with Crippen molar-refractivity contribution in [2.24, 2.45) is 0 Å². The van der Waals surface area contributed by atoms with Gasteiger partial charge in [0.05, 0.1) is 44.7 Å². The van der Waals surface area contributed by atoms with Gasteiger partial charge >= 0.3 is 11.9 Å². The van der Waals surface area contributed by atoms with Crippen molar-refractivity contribution in [3.05, 3.63) is 69.7 Å². The van der Waals surface area contributed by atoms with Gasteiger partial charge in [0.1, 0.15) is 16.4 Å². The number of hydrogen-bond acceptors (Lipinski definition) is 10. The number of thiazole rings is 1. The van der Waals surface area contributed by atoms with Gasteiger partial charge in [0.2, 0.25) is 0 Å². The van der Waals surface area contributed by atoms with E-state index in [9.17, 15) is 19.5 Å². The van der Waals surface area contributed by atoms with Crippen LogP contribution in [-0.4, -0.2) is 55.2 Å². The maximum atomic E-state index is 13.6. The van der Waals surface area contributed by atoms with E-state index in [1.807, 2.05) is 0 Å². The molecule has 4 rings (SSSR count). The monoisotopic (exact) mass is 622 g/mol. The first-order valence-electron chi connectivity index (χ1n) is 14.7. The lowest BCUT2D eigenvalue weighted by molar-refractivity contribution is -0.132. The number of rotatable bonds is 14. The number of carbonyl (C=O) groups is 3. The van der Waals surface area contributed by atoms with Crippen LogP contribution in [0.5, 0.6) is 17.2 Å². The summed E-state index contributed by atoms with van der Waals surface area (Å²) in [6.07, 6.45) is 4.87. The average molecular weight is 623 g/mol. The Kier molecular flexibility index (Phi) is 11.0. The number of aromatic nitrogens is 1. The van der Waals surface area contributed by atoms with Gasteiger partial charge in [-0.2, -0.15) is 0 Å². The van der Waals surface area contributed by atoms with Crippen LogP contribution in [-0.2, 0) is 14.3 Å². The van der Waals surface area contributed by atoms with Crippen LogP contribution >= 0.6 is 11.3 Å². The first kappa shape index (κ1) is 32.5. The second-order valence-electron chi connectivity index (χ2n) is 10.3. The number of carbonyl (C=O) groups excluding carboxylic acids is 3. The fourth-order valence-corrected chi connectivity index (χ4v) is 5.83. The van der Waals surface area contributed by atoms with E-state index in [-0.39, 0.29) is 21.3 Å². The first-order valence-corrected chi connectivity index (χ1v) is 15.5.